The van der Waals surface area contributed by atoms with E-state index < -0.39 is 10.8 Å². The van der Waals surface area contributed by atoms with E-state index in [1.54, 1.807) is 24.3 Å². The molecular formula is C18H18ClN3O4. The number of nitro benzene ring substituents is 1. The molecule has 8 heteroatoms. The number of rotatable bonds is 6. The highest BCUT2D eigenvalue weighted by atomic mass is 35.5. The number of amides is 2. The molecule has 0 radical (unpaired) electrons. The van der Waals surface area contributed by atoms with Gasteiger partial charge < -0.3 is 10.6 Å². The van der Waals surface area contributed by atoms with Crippen molar-refractivity contribution in [3.63, 3.8) is 0 Å². The van der Waals surface area contributed by atoms with Crippen LogP contribution in [0, 0.1) is 10.1 Å². The van der Waals surface area contributed by atoms with E-state index in [1.165, 1.54) is 12.1 Å². The number of nitrogens with zero attached hydrogens (tertiary/aromatic N) is 1. The molecule has 0 unspecified atom stereocenters. The SMILES string of the molecule is CC[C@H](C)NC(=O)c1ccccc1NC(=O)c1ccc([N+](=O)[O-])cc1Cl. The van der Waals surface area contributed by atoms with Crippen molar-refractivity contribution >= 4 is 34.8 Å². The van der Waals surface area contributed by atoms with Crippen molar-refractivity contribution in [2.24, 2.45) is 0 Å². The molecule has 0 aromatic heterocycles. The van der Waals surface area contributed by atoms with Gasteiger partial charge in [0.1, 0.15) is 0 Å². The molecule has 2 N–H and O–H groups in total. The number of nitro groups is 1. The molecule has 26 heavy (non-hydrogen) atoms. The van der Waals surface area contributed by atoms with Gasteiger partial charge in [-0.3, -0.25) is 19.7 Å². The number of halogens is 1. The zero-order valence-electron chi connectivity index (χ0n) is 14.3. The van der Waals surface area contributed by atoms with Gasteiger partial charge in [-0.25, -0.2) is 0 Å². The summed E-state index contributed by atoms with van der Waals surface area (Å²) in [7, 11) is 0. The fraction of sp³-hybridized carbons (Fsp3) is 0.222. The topological polar surface area (TPSA) is 101 Å². The maximum atomic E-state index is 12.5. The van der Waals surface area contributed by atoms with Crippen molar-refractivity contribution in [3.05, 3.63) is 68.7 Å². The minimum atomic E-state index is -0.595. The Morgan fingerprint density at radius 2 is 1.85 bits per heavy atom. The molecule has 2 aromatic carbocycles. The lowest BCUT2D eigenvalue weighted by Gasteiger charge is -2.15. The third kappa shape index (κ3) is 4.58. The number of para-hydroxylation sites is 1. The number of benzene rings is 2. The average molecular weight is 376 g/mol. The minimum absolute atomic E-state index is 0.00428. The lowest BCUT2D eigenvalue weighted by atomic mass is 10.1. The van der Waals surface area contributed by atoms with Crippen molar-refractivity contribution in [2.45, 2.75) is 26.3 Å². The summed E-state index contributed by atoms with van der Waals surface area (Å²) < 4.78 is 0. The molecule has 7 nitrogen and oxygen atoms in total. The van der Waals surface area contributed by atoms with Crippen molar-refractivity contribution < 1.29 is 14.5 Å². The average Bonchev–Trinajstić information content (AvgIpc) is 2.61. The summed E-state index contributed by atoms with van der Waals surface area (Å²) in [6, 6.07) is 10.2. The van der Waals surface area contributed by atoms with Gasteiger partial charge >= 0.3 is 0 Å². The van der Waals surface area contributed by atoms with Crippen LogP contribution in [0.4, 0.5) is 11.4 Å². The van der Waals surface area contributed by atoms with Gasteiger partial charge in [0.15, 0.2) is 0 Å². The first kappa shape index (κ1) is 19.4. The molecule has 0 aliphatic heterocycles. The molecule has 0 saturated carbocycles. The van der Waals surface area contributed by atoms with Crippen LogP contribution >= 0.6 is 11.6 Å². The van der Waals surface area contributed by atoms with Gasteiger partial charge in [0, 0.05) is 18.2 Å². The van der Waals surface area contributed by atoms with E-state index in [2.05, 4.69) is 10.6 Å². The Morgan fingerprint density at radius 1 is 1.15 bits per heavy atom. The number of carbonyl (C=O) groups excluding carboxylic acids is 2. The number of hydrogen-bond donors (Lipinski definition) is 2. The monoisotopic (exact) mass is 375 g/mol. The quantitative estimate of drug-likeness (QED) is 0.587. The third-order valence-electron chi connectivity index (χ3n) is 3.82. The lowest BCUT2D eigenvalue weighted by molar-refractivity contribution is -0.384. The van der Waals surface area contributed by atoms with Gasteiger partial charge in [0.25, 0.3) is 17.5 Å². The normalized spacial score (nSPS) is 11.5. The Morgan fingerprint density at radius 3 is 2.46 bits per heavy atom. The van der Waals surface area contributed by atoms with Gasteiger partial charge in [0.05, 0.1) is 26.8 Å². The Labute approximate surface area is 155 Å². The van der Waals surface area contributed by atoms with Crippen LogP contribution in [0.25, 0.3) is 0 Å². The molecule has 0 saturated heterocycles. The van der Waals surface area contributed by atoms with E-state index in [-0.39, 0.29) is 28.2 Å². The highest BCUT2D eigenvalue weighted by Crippen LogP contribution is 2.24. The Kier molecular flexibility index (Phi) is 6.30. The molecule has 136 valence electrons. The molecule has 0 fully saturated rings. The molecule has 0 spiro atoms. The first-order valence-electron chi connectivity index (χ1n) is 7.98. The highest BCUT2D eigenvalue weighted by Gasteiger charge is 2.18. The Balaban J connectivity index is 2.25. The van der Waals surface area contributed by atoms with E-state index in [0.29, 0.717) is 11.3 Å². The molecule has 2 rings (SSSR count). The van der Waals surface area contributed by atoms with Gasteiger partial charge in [-0.2, -0.15) is 0 Å². The standard InChI is InChI=1S/C18H18ClN3O4/c1-3-11(2)20-18(24)14-6-4-5-7-16(14)21-17(23)13-9-8-12(22(25)26)10-15(13)19/h4-11H,3H2,1-2H3,(H,20,24)(H,21,23)/t11-/m0/s1. The van der Waals surface area contributed by atoms with Crippen LogP contribution in [0.3, 0.4) is 0 Å². The summed E-state index contributed by atoms with van der Waals surface area (Å²) in [6.45, 7) is 3.84. The summed E-state index contributed by atoms with van der Waals surface area (Å²) in [6.07, 6.45) is 0.776. The number of carbonyl (C=O) groups is 2. The maximum absolute atomic E-state index is 12.5. The highest BCUT2D eigenvalue weighted by molar-refractivity contribution is 6.34. The van der Waals surface area contributed by atoms with Crippen molar-refractivity contribution in [2.75, 3.05) is 5.32 Å². The van der Waals surface area contributed by atoms with Crippen LogP contribution in [-0.2, 0) is 0 Å². The summed E-state index contributed by atoms with van der Waals surface area (Å²) in [4.78, 5) is 35.0. The number of hydrogen-bond acceptors (Lipinski definition) is 4. The van der Waals surface area contributed by atoms with Crippen molar-refractivity contribution in [1.29, 1.82) is 0 Å². The van der Waals surface area contributed by atoms with Crippen molar-refractivity contribution in [1.82, 2.24) is 5.32 Å². The summed E-state index contributed by atoms with van der Waals surface area (Å²) in [5.74, 6) is -0.862. The number of nitrogens with one attached hydrogen (secondary N) is 2. The van der Waals surface area contributed by atoms with Crippen LogP contribution in [0.2, 0.25) is 5.02 Å². The Bertz CT molecular complexity index is 854. The van der Waals surface area contributed by atoms with E-state index in [0.717, 1.165) is 12.5 Å². The van der Waals surface area contributed by atoms with E-state index in [1.807, 2.05) is 13.8 Å². The van der Waals surface area contributed by atoms with Crippen LogP contribution in [-0.4, -0.2) is 22.8 Å². The van der Waals surface area contributed by atoms with Gasteiger partial charge in [-0.1, -0.05) is 30.7 Å². The summed E-state index contributed by atoms with van der Waals surface area (Å²) in [5.41, 5.74) is 0.515. The van der Waals surface area contributed by atoms with Crippen LogP contribution < -0.4 is 10.6 Å². The zero-order chi connectivity index (χ0) is 19.3. The minimum Gasteiger partial charge on any atom is -0.350 e. The Hall–Kier alpha value is -2.93. The molecule has 2 amide bonds. The van der Waals surface area contributed by atoms with E-state index >= 15 is 0 Å². The first-order valence-corrected chi connectivity index (χ1v) is 8.36. The van der Waals surface area contributed by atoms with Crippen molar-refractivity contribution in [3.8, 4) is 0 Å². The van der Waals surface area contributed by atoms with Gasteiger partial charge in [-0.15, -0.1) is 0 Å². The van der Waals surface area contributed by atoms with Crippen LogP contribution in [0.1, 0.15) is 41.0 Å². The fourth-order valence-electron chi connectivity index (χ4n) is 2.19. The second-order valence-electron chi connectivity index (χ2n) is 5.70. The molecule has 2 aromatic rings. The van der Waals surface area contributed by atoms with E-state index in [9.17, 15) is 19.7 Å². The second kappa shape index (κ2) is 8.44. The molecule has 0 aliphatic carbocycles. The summed E-state index contributed by atoms with van der Waals surface area (Å²) in [5, 5.41) is 16.2. The second-order valence-corrected chi connectivity index (χ2v) is 6.11. The predicted molar refractivity (Wildman–Crippen MR) is 99.7 cm³/mol. The number of non-ortho nitro benzene ring substituents is 1. The molecule has 0 bridgehead atoms. The third-order valence-corrected chi connectivity index (χ3v) is 4.13. The van der Waals surface area contributed by atoms with Gasteiger partial charge in [-0.05, 0) is 31.5 Å². The molecule has 0 aliphatic rings. The lowest BCUT2D eigenvalue weighted by Crippen LogP contribution is -2.32. The number of anilines is 1. The van der Waals surface area contributed by atoms with Crippen LogP contribution in [0.15, 0.2) is 42.5 Å². The molecule has 0 heterocycles. The maximum Gasteiger partial charge on any atom is 0.270 e. The largest absolute Gasteiger partial charge is 0.350 e. The summed E-state index contributed by atoms with van der Waals surface area (Å²) >= 11 is 5.98. The smallest absolute Gasteiger partial charge is 0.270 e. The first-order chi connectivity index (χ1) is 12.3. The van der Waals surface area contributed by atoms with Crippen LogP contribution in [0.5, 0.6) is 0 Å². The zero-order valence-corrected chi connectivity index (χ0v) is 15.0. The molecule has 1 atom stereocenters. The fourth-order valence-corrected chi connectivity index (χ4v) is 2.45. The van der Waals surface area contributed by atoms with Gasteiger partial charge in [0.2, 0.25) is 0 Å². The molecular weight excluding hydrogens is 358 g/mol. The predicted octanol–water partition coefficient (Wildman–Crippen LogP) is 4.03. The van der Waals surface area contributed by atoms with E-state index in [4.69, 9.17) is 11.6 Å².